The third kappa shape index (κ3) is 3.32. The van der Waals surface area contributed by atoms with Gasteiger partial charge in [-0.25, -0.2) is 0 Å². The Balaban J connectivity index is 1.76. The van der Waals surface area contributed by atoms with Crippen LogP contribution in [-0.2, 0) is 4.79 Å². The molecule has 0 bridgehead atoms. The van der Waals surface area contributed by atoms with Crippen molar-refractivity contribution in [2.75, 3.05) is 6.54 Å². The summed E-state index contributed by atoms with van der Waals surface area (Å²) in [6, 6.07) is 2.14. The molecule has 2 aliphatic rings. The Bertz CT molecular complexity index is 465. The van der Waals surface area contributed by atoms with Gasteiger partial charge in [-0.15, -0.1) is 0 Å². The molecule has 3 nitrogen and oxygen atoms in total. The Morgan fingerprint density at radius 2 is 2.14 bits per heavy atom. The second-order valence-electron chi connectivity index (χ2n) is 6.95. The number of amides is 1. The fourth-order valence-electron chi connectivity index (χ4n) is 3.69. The summed E-state index contributed by atoms with van der Waals surface area (Å²) >= 11 is 1.71. The van der Waals surface area contributed by atoms with Crippen LogP contribution in [0.5, 0.6) is 0 Å². The van der Waals surface area contributed by atoms with Crippen molar-refractivity contribution in [3.8, 4) is 0 Å². The number of thiophene rings is 1. The molecular weight excluding hydrogens is 280 g/mol. The first-order chi connectivity index (χ1) is 10.1. The van der Waals surface area contributed by atoms with Crippen molar-refractivity contribution < 1.29 is 4.79 Å². The summed E-state index contributed by atoms with van der Waals surface area (Å²) in [6.07, 6.45) is 6.26. The van der Waals surface area contributed by atoms with Crippen molar-refractivity contribution in [3.05, 3.63) is 22.4 Å². The molecule has 3 rings (SSSR count). The number of nitrogens with one attached hydrogen (secondary N) is 1. The molecule has 2 heterocycles. The van der Waals surface area contributed by atoms with Gasteiger partial charge in [0.2, 0.25) is 5.91 Å². The van der Waals surface area contributed by atoms with Gasteiger partial charge in [-0.05, 0) is 53.5 Å². The zero-order chi connectivity index (χ0) is 14.8. The third-order valence-electron chi connectivity index (χ3n) is 4.75. The van der Waals surface area contributed by atoms with Crippen molar-refractivity contribution in [3.63, 3.8) is 0 Å². The summed E-state index contributed by atoms with van der Waals surface area (Å²) < 4.78 is 0. The van der Waals surface area contributed by atoms with Gasteiger partial charge in [0.1, 0.15) is 6.17 Å². The zero-order valence-corrected chi connectivity index (χ0v) is 13.9. The van der Waals surface area contributed by atoms with Gasteiger partial charge in [0.05, 0.1) is 6.04 Å². The zero-order valence-electron chi connectivity index (χ0n) is 13.0. The van der Waals surface area contributed by atoms with Crippen LogP contribution in [0.2, 0.25) is 0 Å². The lowest BCUT2D eigenvalue weighted by atomic mass is 10.0. The molecule has 1 amide bonds. The maximum atomic E-state index is 12.8. The van der Waals surface area contributed by atoms with Gasteiger partial charge in [-0.1, -0.05) is 26.7 Å². The van der Waals surface area contributed by atoms with Crippen molar-refractivity contribution in [1.82, 2.24) is 10.2 Å². The highest BCUT2D eigenvalue weighted by atomic mass is 32.1. The van der Waals surface area contributed by atoms with Crippen LogP contribution in [0.1, 0.15) is 57.7 Å². The van der Waals surface area contributed by atoms with E-state index in [-0.39, 0.29) is 12.2 Å². The number of rotatable bonds is 5. The molecule has 2 unspecified atom stereocenters. The molecule has 2 fully saturated rings. The predicted octanol–water partition coefficient (Wildman–Crippen LogP) is 3.78. The Hall–Kier alpha value is -0.870. The van der Waals surface area contributed by atoms with Crippen molar-refractivity contribution in [1.29, 1.82) is 0 Å². The predicted molar refractivity (Wildman–Crippen MR) is 87.1 cm³/mol. The first-order valence-electron chi connectivity index (χ1n) is 8.23. The summed E-state index contributed by atoms with van der Waals surface area (Å²) in [5, 5.41) is 7.85. The standard InChI is InChI=1S/C17H26N2OS/c1-12(2)9-15-17(20)19(10-13-5-3-4-6-13)16(18-15)14-7-8-21-11-14/h7-8,11-13,15-16,18H,3-6,9-10H2,1-2H3. The summed E-state index contributed by atoms with van der Waals surface area (Å²) in [5.41, 5.74) is 1.25. The van der Waals surface area contributed by atoms with Crippen molar-refractivity contribution in [2.24, 2.45) is 11.8 Å². The molecule has 1 saturated carbocycles. The minimum Gasteiger partial charge on any atom is -0.321 e. The highest BCUT2D eigenvalue weighted by Crippen LogP contribution is 2.33. The molecular formula is C17H26N2OS. The molecule has 1 saturated heterocycles. The first-order valence-corrected chi connectivity index (χ1v) is 9.18. The summed E-state index contributed by atoms with van der Waals surface area (Å²) in [6.45, 7) is 5.31. The summed E-state index contributed by atoms with van der Waals surface area (Å²) in [5.74, 6) is 1.56. The Morgan fingerprint density at radius 1 is 1.38 bits per heavy atom. The molecule has 1 aliphatic heterocycles. The van der Waals surface area contributed by atoms with Crippen molar-refractivity contribution in [2.45, 2.75) is 58.2 Å². The fourth-order valence-corrected chi connectivity index (χ4v) is 4.37. The van der Waals surface area contributed by atoms with E-state index in [1.54, 1.807) is 11.3 Å². The lowest BCUT2D eigenvalue weighted by Gasteiger charge is -2.26. The SMILES string of the molecule is CC(C)CC1NC(c2ccsc2)N(CC2CCCC2)C1=O. The molecule has 0 aromatic carbocycles. The molecule has 0 spiro atoms. The quantitative estimate of drug-likeness (QED) is 0.898. The molecule has 1 aromatic rings. The van der Waals surface area contributed by atoms with Gasteiger partial charge in [0.25, 0.3) is 0 Å². The minimum atomic E-state index is -0.00342. The number of carbonyl (C=O) groups is 1. The molecule has 4 heteroatoms. The van der Waals surface area contributed by atoms with E-state index in [0.29, 0.717) is 17.7 Å². The average Bonchev–Trinajstić information content (AvgIpc) is 3.15. The largest absolute Gasteiger partial charge is 0.321 e. The molecule has 1 N–H and O–H groups in total. The van der Waals surface area contributed by atoms with E-state index in [0.717, 1.165) is 13.0 Å². The van der Waals surface area contributed by atoms with Gasteiger partial charge in [0, 0.05) is 6.54 Å². The number of hydrogen-bond donors (Lipinski definition) is 1. The van der Waals surface area contributed by atoms with Crippen LogP contribution in [0.3, 0.4) is 0 Å². The molecule has 0 radical (unpaired) electrons. The lowest BCUT2D eigenvalue weighted by molar-refractivity contribution is -0.131. The van der Waals surface area contributed by atoms with Gasteiger partial charge in [0.15, 0.2) is 0 Å². The Labute approximate surface area is 131 Å². The summed E-state index contributed by atoms with van der Waals surface area (Å²) in [4.78, 5) is 14.9. The van der Waals surface area contributed by atoms with Crippen LogP contribution in [0.15, 0.2) is 16.8 Å². The van der Waals surface area contributed by atoms with Crippen LogP contribution in [0.25, 0.3) is 0 Å². The number of nitrogens with zero attached hydrogens (tertiary/aromatic N) is 1. The van der Waals surface area contributed by atoms with E-state index in [1.165, 1.54) is 31.2 Å². The lowest BCUT2D eigenvalue weighted by Crippen LogP contribution is -2.35. The Kier molecular flexibility index (Phi) is 4.65. The highest BCUT2D eigenvalue weighted by molar-refractivity contribution is 7.07. The highest BCUT2D eigenvalue weighted by Gasteiger charge is 2.40. The molecule has 116 valence electrons. The van der Waals surface area contributed by atoms with Gasteiger partial charge in [-0.3, -0.25) is 10.1 Å². The maximum Gasteiger partial charge on any atom is 0.241 e. The smallest absolute Gasteiger partial charge is 0.241 e. The third-order valence-corrected chi connectivity index (χ3v) is 5.45. The normalized spacial score (nSPS) is 27.2. The topological polar surface area (TPSA) is 32.3 Å². The van der Waals surface area contributed by atoms with Crippen LogP contribution in [0.4, 0.5) is 0 Å². The van der Waals surface area contributed by atoms with E-state index in [2.05, 4.69) is 40.9 Å². The van der Waals surface area contributed by atoms with Gasteiger partial charge >= 0.3 is 0 Å². The second kappa shape index (κ2) is 6.49. The average molecular weight is 306 g/mol. The van der Waals surface area contributed by atoms with Gasteiger partial charge < -0.3 is 4.90 Å². The fraction of sp³-hybridized carbons (Fsp3) is 0.706. The summed E-state index contributed by atoms with van der Waals surface area (Å²) in [7, 11) is 0. The van der Waals surface area contributed by atoms with E-state index < -0.39 is 0 Å². The van der Waals surface area contributed by atoms with Crippen LogP contribution >= 0.6 is 11.3 Å². The monoisotopic (exact) mass is 306 g/mol. The molecule has 1 aliphatic carbocycles. The van der Waals surface area contributed by atoms with Crippen LogP contribution in [0, 0.1) is 11.8 Å². The van der Waals surface area contributed by atoms with E-state index in [4.69, 9.17) is 0 Å². The van der Waals surface area contributed by atoms with Crippen LogP contribution < -0.4 is 5.32 Å². The molecule has 21 heavy (non-hydrogen) atoms. The minimum absolute atomic E-state index is 0.00342. The van der Waals surface area contributed by atoms with Crippen molar-refractivity contribution >= 4 is 17.2 Å². The Morgan fingerprint density at radius 3 is 2.76 bits per heavy atom. The maximum absolute atomic E-state index is 12.8. The number of carbonyl (C=O) groups excluding carboxylic acids is 1. The molecule has 2 atom stereocenters. The van der Waals surface area contributed by atoms with Crippen LogP contribution in [-0.4, -0.2) is 23.4 Å². The van der Waals surface area contributed by atoms with E-state index in [9.17, 15) is 4.79 Å². The second-order valence-corrected chi connectivity index (χ2v) is 7.73. The van der Waals surface area contributed by atoms with Gasteiger partial charge in [-0.2, -0.15) is 11.3 Å². The molecule has 1 aromatic heterocycles. The van der Waals surface area contributed by atoms with E-state index in [1.807, 2.05) is 0 Å². The number of hydrogen-bond acceptors (Lipinski definition) is 3. The first kappa shape index (κ1) is 15.0. The van der Waals surface area contributed by atoms with E-state index >= 15 is 0 Å².